The smallest absolute Gasteiger partial charge is 0.251 e. The average Bonchev–Trinajstić information content (AvgIpc) is 3.38. The largest absolute Gasteiger partial charge is 0.499 e. The van der Waals surface area contributed by atoms with Crippen molar-refractivity contribution >= 4 is 38.5 Å². The number of benzene rings is 1. The van der Waals surface area contributed by atoms with Gasteiger partial charge in [0.25, 0.3) is 5.91 Å². The Hall–Kier alpha value is -2.41. The SMILES string of the molecule is COC1=CC(=O)N(C(CC2CCCC2)C(=O)Nc2nc3ccccc3s2)C1. The van der Waals surface area contributed by atoms with Crippen LogP contribution in [0.4, 0.5) is 5.13 Å². The van der Waals surface area contributed by atoms with E-state index in [0.29, 0.717) is 29.8 Å². The van der Waals surface area contributed by atoms with Gasteiger partial charge in [-0.2, -0.15) is 0 Å². The Balaban J connectivity index is 1.53. The van der Waals surface area contributed by atoms with E-state index in [4.69, 9.17) is 4.74 Å². The van der Waals surface area contributed by atoms with Crippen molar-refractivity contribution < 1.29 is 14.3 Å². The number of fused-ring (bicyclic) bond motifs is 1. The van der Waals surface area contributed by atoms with Crippen LogP contribution in [0.25, 0.3) is 10.2 Å². The second-order valence-corrected chi connectivity index (χ2v) is 8.19. The molecule has 0 saturated heterocycles. The van der Waals surface area contributed by atoms with Crippen LogP contribution in [0.2, 0.25) is 0 Å². The molecule has 1 aliphatic carbocycles. The van der Waals surface area contributed by atoms with Crippen LogP contribution in [0, 0.1) is 5.92 Å². The van der Waals surface area contributed by atoms with Crippen molar-refractivity contribution in [2.45, 2.75) is 38.1 Å². The van der Waals surface area contributed by atoms with Gasteiger partial charge in [0.1, 0.15) is 11.8 Å². The number of rotatable bonds is 6. The lowest BCUT2D eigenvalue weighted by molar-refractivity contribution is -0.134. The fourth-order valence-corrected chi connectivity index (χ4v) is 4.82. The summed E-state index contributed by atoms with van der Waals surface area (Å²) in [6.45, 7) is 0.347. The monoisotopic (exact) mass is 385 g/mol. The Bertz CT molecular complexity index is 852. The lowest BCUT2D eigenvalue weighted by Gasteiger charge is -2.28. The van der Waals surface area contributed by atoms with Gasteiger partial charge in [0.15, 0.2) is 5.13 Å². The van der Waals surface area contributed by atoms with Gasteiger partial charge in [-0.05, 0) is 24.5 Å². The summed E-state index contributed by atoms with van der Waals surface area (Å²) in [6, 6.07) is 7.29. The van der Waals surface area contributed by atoms with E-state index >= 15 is 0 Å². The third-order valence-electron chi connectivity index (χ3n) is 5.39. The molecule has 1 aromatic heterocycles. The molecule has 1 saturated carbocycles. The summed E-state index contributed by atoms with van der Waals surface area (Å²) in [7, 11) is 1.55. The van der Waals surface area contributed by atoms with E-state index in [1.54, 1.807) is 12.0 Å². The van der Waals surface area contributed by atoms with Crippen molar-refractivity contribution in [2.24, 2.45) is 5.92 Å². The fraction of sp³-hybridized carbons (Fsp3) is 0.450. The molecule has 4 rings (SSSR count). The number of amides is 2. The molecule has 2 aliphatic rings. The van der Waals surface area contributed by atoms with Gasteiger partial charge < -0.3 is 15.0 Å². The van der Waals surface area contributed by atoms with E-state index in [9.17, 15) is 9.59 Å². The highest BCUT2D eigenvalue weighted by Gasteiger charge is 2.36. The van der Waals surface area contributed by atoms with E-state index in [1.807, 2.05) is 24.3 Å². The summed E-state index contributed by atoms with van der Waals surface area (Å²) in [5.41, 5.74) is 0.866. The first kappa shape index (κ1) is 18.0. The third kappa shape index (κ3) is 3.83. The number of aromatic nitrogens is 1. The molecule has 7 heteroatoms. The second kappa shape index (κ2) is 7.68. The summed E-state index contributed by atoms with van der Waals surface area (Å²) in [6.07, 6.45) is 6.81. The zero-order valence-corrected chi connectivity index (χ0v) is 16.1. The number of hydrogen-bond donors (Lipinski definition) is 1. The van der Waals surface area contributed by atoms with Gasteiger partial charge in [-0.1, -0.05) is 49.2 Å². The van der Waals surface area contributed by atoms with Gasteiger partial charge in [0.2, 0.25) is 5.91 Å². The highest BCUT2D eigenvalue weighted by Crippen LogP contribution is 2.32. The normalized spacial score (nSPS) is 18.8. The standard InChI is InChI=1S/C20H23N3O3S/c1-26-14-11-18(24)23(12-14)16(10-13-6-2-3-7-13)19(25)22-20-21-15-8-4-5-9-17(15)27-20/h4-5,8-9,11,13,16H,2-3,6-7,10,12H2,1H3,(H,21,22,25). The lowest BCUT2D eigenvalue weighted by Crippen LogP contribution is -2.46. The van der Waals surface area contributed by atoms with Crippen LogP contribution in [0.3, 0.4) is 0 Å². The van der Waals surface area contributed by atoms with Gasteiger partial charge in [0.05, 0.1) is 23.9 Å². The molecule has 2 heterocycles. The predicted molar refractivity (Wildman–Crippen MR) is 105 cm³/mol. The zero-order chi connectivity index (χ0) is 18.8. The molecule has 1 aliphatic heterocycles. The molecule has 1 fully saturated rings. The van der Waals surface area contributed by atoms with Crippen molar-refractivity contribution in [3.63, 3.8) is 0 Å². The van der Waals surface area contributed by atoms with E-state index in [0.717, 1.165) is 23.1 Å². The third-order valence-corrected chi connectivity index (χ3v) is 6.34. The van der Waals surface area contributed by atoms with E-state index in [1.165, 1.54) is 30.3 Å². The van der Waals surface area contributed by atoms with Crippen molar-refractivity contribution in [1.82, 2.24) is 9.88 Å². The van der Waals surface area contributed by atoms with Crippen molar-refractivity contribution in [1.29, 1.82) is 0 Å². The molecule has 142 valence electrons. The maximum absolute atomic E-state index is 13.1. The van der Waals surface area contributed by atoms with Crippen LogP contribution in [0.15, 0.2) is 36.1 Å². The van der Waals surface area contributed by atoms with Gasteiger partial charge in [0, 0.05) is 6.08 Å². The Morgan fingerprint density at radius 1 is 1.37 bits per heavy atom. The number of ether oxygens (including phenoxy) is 1. The summed E-state index contributed by atoms with van der Waals surface area (Å²) in [5.74, 6) is 0.758. The highest BCUT2D eigenvalue weighted by atomic mass is 32.1. The minimum absolute atomic E-state index is 0.158. The van der Waals surface area contributed by atoms with Crippen LogP contribution >= 0.6 is 11.3 Å². The van der Waals surface area contributed by atoms with Gasteiger partial charge >= 0.3 is 0 Å². The Morgan fingerprint density at radius 3 is 2.85 bits per heavy atom. The number of methoxy groups -OCH3 is 1. The summed E-state index contributed by atoms with van der Waals surface area (Å²) >= 11 is 1.45. The molecule has 6 nitrogen and oxygen atoms in total. The molecule has 1 unspecified atom stereocenters. The first-order valence-electron chi connectivity index (χ1n) is 9.35. The lowest BCUT2D eigenvalue weighted by atomic mass is 9.97. The number of nitrogens with one attached hydrogen (secondary N) is 1. The zero-order valence-electron chi connectivity index (χ0n) is 15.3. The number of anilines is 1. The number of carbonyl (C=O) groups is 2. The van der Waals surface area contributed by atoms with Crippen LogP contribution in [0.5, 0.6) is 0 Å². The molecular weight excluding hydrogens is 362 g/mol. The summed E-state index contributed by atoms with van der Waals surface area (Å²) in [4.78, 5) is 31.6. The topological polar surface area (TPSA) is 71.5 Å². The number of carbonyl (C=O) groups excluding carboxylic acids is 2. The Morgan fingerprint density at radius 2 is 2.15 bits per heavy atom. The molecule has 0 spiro atoms. The van der Waals surface area contributed by atoms with E-state index < -0.39 is 6.04 Å². The predicted octanol–water partition coefficient (Wildman–Crippen LogP) is 3.56. The molecular formula is C20H23N3O3S. The second-order valence-electron chi connectivity index (χ2n) is 7.16. The van der Waals surface area contributed by atoms with E-state index in [2.05, 4.69) is 10.3 Å². The first-order chi connectivity index (χ1) is 13.1. The maximum Gasteiger partial charge on any atom is 0.251 e. The van der Waals surface area contributed by atoms with Crippen molar-refractivity contribution in [3.05, 3.63) is 36.1 Å². The molecule has 1 atom stereocenters. The van der Waals surface area contributed by atoms with Crippen molar-refractivity contribution in [2.75, 3.05) is 19.0 Å². The summed E-state index contributed by atoms with van der Waals surface area (Å²) in [5, 5.41) is 3.52. The van der Waals surface area contributed by atoms with Gasteiger partial charge in [-0.3, -0.25) is 9.59 Å². The highest BCUT2D eigenvalue weighted by molar-refractivity contribution is 7.22. The number of nitrogens with zero attached hydrogens (tertiary/aromatic N) is 2. The molecule has 2 aromatic rings. The molecule has 0 radical (unpaired) electrons. The minimum Gasteiger partial charge on any atom is -0.499 e. The van der Waals surface area contributed by atoms with Crippen LogP contribution in [0.1, 0.15) is 32.1 Å². The van der Waals surface area contributed by atoms with Gasteiger partial charge in [-0.25, -0.2) is 4.98 Å². The number of para-hydroxylation sites is 1. The maximum atomic E-state index is 13.1. The Kier molecular flexibility index (Phi) is 5.11. The molecule has 27 heavy (non-hydrogen) atoms. The molecule has 0 bridgehead atoms. The van der Waals surface area contributed by atoms with Crippen LogP contribution in [-0.4, -0.2) is 41.4 Å². The molecule has 1 aromatic carbocycles. The Labute approximate surface area is 162 Å². The molecule has 1 N–H and O–H groups in total. The quantitative estimate of drug-likeness (QED) is 0.825. The summed E-state index contributed by atoms with van der Waals surface area (Å²) < 4.78 is 6.25. The average molecular weight is 385 g/mol. The van der Waals surface area contributed by atoms with E-state index in [-0.39, 0.29) is 11.8 Å². The van der Waals surface area contributed by atoms with Gasteiger partial charge in [-0.15, -0.1) is 0 Å². The number of hydrogen-bond acceptors (Lipinski definition) is 5. The number of thiazole rings is 1. The van der Waals surface area contributed by atoms with Crippen LogP contribution < -0.4 is 5.32 Å². The minimum atomic E-state index is -0.503. The fourth-order valence-electron chi connectivity index (χ4n) is 3.95. The first-order valence-corrected chi connectivity index (χ1v) is 10.2. The molecule has 2 amide bonds. The van der Waals surface area contributed by atoms with Crippen LogP contribution in [-0.2, 0) is 14.3 Å². The van der Waals surface area contributed by atoms with Crippen molar-refractivity contribution in [3.8, 4) is 0 Å².